The average Bonchev–Trinajstić information content (AvgIpc) is 2.84. The first-order valence-corrected chi connectivity index (χ1v) is 10.4. The van der Waals surface area contributed by atoms with Crippen molar-refractivity contribution in [2.75, 3.05) is 33.3 Å². The molecule has 1 aliphatic rings. The lowest BCUT2D eigenvalue weighted by atomic mass is 10.0. The van der Waals surface area contributed by atoms with Gasteiger partial charge in [-0.3, -0.25) is 14.6 Å². The fourth-order valence-corrected chi connectivity index (χ4v) is 3.81. The van der Waals surface area contributed by atoms with E-state index in [1.54, 1.807) is 13.3 Å². The predicted octanol–water partition coefficient (Wildman–Crippen LogP) is 3.28. The number of methoxy groups -OCH3 is 1. The monoisotopic (exact) mass is 415 g/mol. The molecule has 1 fully saturated rings. The van der Waals surface area contributed by atoms with Crippen LogP contribution in [0.1, 0.15) is 16.1 Å². The maximum absolute atomic E-state index is 13.1. The van der Waals surface area contributed by atoms with Crippen LogP contribution >= 0.6 is 0 Å². The Morgan fingerprint density at radius 2 is 1.65 bits per heavy atom. The number of carbonyl (C=O) groups is 2. The summed E-state index contributed by atoms with van der Waals surface area (Å²) < 4.78 is 5.46. The highest BCUT2D eigenvalue weighted by Gasteiger charge is 2.25. The van der Waals surface area contributed by atoms with Gasteiger partial charge in [-0.15, -0.1) is 0 Å². The quantitative estimate of drug-likeness (QED) is 0.642. The molecule has 2 aromatic carbocycles. The largest absolute Gasteiger partial charge is 0.496 e. The number of pyridine rings is 1. The van der Waals surface area contributed by atoms with E-state index in [-0.39, 0.29) is 18.2 Å². The molecule has 31 heavy (non-hydrogen) atoms. The van der Waals surface area contributed by atoms with Gasteiger partial charge in [0.1, 0.15) is 5.75 Å². The van der Waals surface area contributed by atoms with Crippen molar-refractivity contribution >= 4 is 11.8 Å². The maximum Gasteiger partial charge on any atom is 0.253 e. The molecule has 0 bridgehead atoms. The van der Waals surface area contributed by atoms with Crippen molar-refractivity contribution in [3.05, 3.63) is 84.2 Å². The lowest BCUT2D eigenvalue weighted by molar-refractivity contribution is -0.132. The molecule has 4 rings (SSSR count). The van der Waals surface area contributed by atoms with E-state index in [4.69, 9.17) is 4.74 Å². The third-order valence-corrected chi connectivity index (χ3v) is 5.51. The summed E-state index contributed by atoms with van der Waals surface area (Å²) in [6, 6.07) is 20.9. The van der Waals surface area contributed by atoms with Crippen LogP contribution in [0, 0.1) is 0 Å². The molecule has 1 aromatic heterocycles. The summed E-state index contributed by atoms with van der Waals surface area (Å²) in [5, 5.41) is 0. The van der Waals surface area contributed by atoms with E-state index < -0.39 is 0 Å². The van der Waals surface area contributed by atoms with Crippen molar-refractivity contribution < 1.29 is 14.3 Å². The number of aromatic nitrogens is 1. The van der Waals surface area contributed by atoms with Crippen LogP contribution in [0.3, 0.4) is 0 Å². The van der Waals surface area contributed by atoms with E-state index in [0.29, 0.717) is 31.7 Å². The number of benzene rings is 2. The molecule has 0 saturated carbocycles. The molecule has 6 heteroatoms. The van der Waals surface area contributed by atoms with Gasteiger partial charge in [0.15, 0.2) is 0 Å². The Morgan fingerprint density at radius 3 is 2.39 bits per heavy atom. The minimum atomic E-state index is -0.0198. The molecular weight excluding hydrogens is 390 g/mol. The second-order valence-electron chi connectivity index (χ2n) is 7.45. The number of rotatable bonds is 5. The number of hydrogen-bond donors (Lipinski definition) is 0. The van der Waals surface area contributed by atoms with Gasteiger partial charge < -0.3 is 14.5 Å². The second-order valence-corrected chi connectivity index (χ2v) is 7.45. The highest BCUT2D eigenvalue weighted by atomic mass is 16.5. The van der Waals surface area contributed by atoms with Crippen molar-refractivity contribution in [1.29, 1.82) is 0 Å². The van der Waals surface area contributed by atoms with E-state index >= 15 is 0 Å². The zero-order valence-corrected chi connectivity index (χ0v) is 17.5. The van der Waals surface area contributed by atoms with Crippen LogP contribution in [0.15, 0.2) is 72.9 Å². The predicted molar refractivity (Wildman–Crippen MR) is 119 cm³/mol. The molecule has 2 amide bonds. The van der Waals surface area contributed by atoms with Gasteiger partial charge >= 0.3 is 0 Å². The summed E-state index contributed by atoms with van der Waals surface area (Å²) in [4.78, 5) is 33.5. The van der Waals surface area contributed by atoms with Crippen LogP contribution < -0.4 is 4.74 Å². The van der Waals surface area contributed by atoms with Crippen molar-refractivity contribution in [2.45, 2.75) is 6.42 Å². The van der Waals surface area contributed by atoms with Crippen molar-refractivity contribution in [1.82, 2.24) is 14.8 Å². The number of nitrogens with zero attached hydrogens (tertiary/aromatic N) is 3. The smallest absolute Gasteiger partial charge is 0.253 e. The van der Waals surface area contributed by atoms with Gasteiger partial charge in [0.25, 0.3) is 5.91 Å². The highest BCUT2D eigenvalue weighted by molar-refractivity contribution is 5.96. The van der Waals surface area contributed by atoms with Gasteiger partial charge in [-0.05, 0) is 35.9 Å². The van der Waals surface area contributed by atoms with Crippen LogP contribution in [-0.2, 0) is 11.2 Å². The van der Waals surface area contributed by atoms with E-state index in [1.807, 2.05) is 76.5 Å². The van der Waals surface area contributed by atoms with E-state index in [9.17, 15) is 9.59 Å². The lowest BCUT2D eigenvalue weighted by Crippen LogP contribution is -2.51. The minimum Gasteiger partial charge on any atom is -0.496 e. The normalized spacial score (nSPS) is 13.7. The Balaban J connectivity index is 1.40. The van der Waals surface area contributed by atoms with Gasteiger partial charge in [0.2, 0.25) is 5.91 Å². The molecule has 0 spiro atoms. The molecule has 1 aliphatic heterocycles. The first kappa shape index (κ1) is 20.6. The SMILES string of the molecule is COc1ccccc1-c1cccc(C(=O)N2CCN(C(=O)Cc3ccccn3)CC2)c1. The molecule has 0 aliphatic carbocycles. The van der Waals surface area contributed by atoms with Crippen LogP contribution in [0.5, 0.6) is 5.75 Å². The number of carbonyl (C=O) groups excluding carboxylic acids is 2. The molecule has 2 heterocycles. The summed E-state index contributed by atoms with van der Waals surface area (Å²) in [5.41, 5.74) is 3.29. The van der Waals surface area contributed by atoms with Gasteiger partial charge in [-0.1, -0.05) is 36.4 Å². The Kier molecular flexibility index (Phi) is 6.26. The van der Waals surface area contributed by atoms with Crippen LogP contribution in [0.2, 0.25) is 0 Å². The first-order chi connectivity index (χ1) is 15.2. The van der Waals surface area contributed by atoms with Gasteiger partial charge in [0, 0.05) is 49.2 Å². The Hall–Kier alpha value is -3.67. The van der Waals surface area contributed by atoms with E-state index in [2.05, 4.69) is 4.98 Å². The molecule has 0 N–H and O–H groups in total. The molecular formula is C25H25N3O3. The lowest BCUT2D eigenvalue weighted by Gasteiger charge is -2.35. The second kappa shape index (κ2) is 9.43. The number of ether oxygens (including phenoxy) is 1. The highest BCUT2D eigenvalue weighted by Crippen LogP contribution is 2.30. The zero-order chi connectivity index (χ0) is 21.6. The topological polar surface area (TPSA) is 62.7 Å². The fourth-order valence-electron chi connectivity index (χ4n) is 3.81. The Morgan fingerprint density at radius 1 is 0.903 bits per heavy atom. The molecule has 1 saturated heterocycles. The zero-order valence-electron chi connectivity index (χ0n) is 17.5. The van der Waals surface area contributed by atoms with E-state index in [1.165, 1.54) is 0 Å². The first-order valence-electron chi connectivity index (χ1n) is 10.4. The fraction of sp³-hybridized carbons (Fsp3) is 0.240. The molecule has 0 radical (unpaired) electrons. The van der Waals surface area contributed by atoms with Crippen LogP contribution in [-0.4, -0.2) is 59.9 Å². The number of piperazine rings is 1. The average molecular weight is 415 g/mol. The van der Waals surface area contributed by atoms with E-state index in [0.717, 1.165) is 22.6 Å². The third-order valence-electron chi connectivity index (χ3n) is 5.51. The van der Waals surface area contributed by atoms with Gasteiger partial charge in [-0.2, -0.15) is 0 Å². The number of para-hydroxylation sites is 1. The van der Waals surface area contributed by atoms with Crippen LogP contribution in [0.4, 0.5) is 0 Å². The Bertz CT molecular complexity index is 1060. The Labute approximate surface area is 182 Å². The maximum atomic E-state index is 13.1. The molecule has 158 valence electrons. The summed E-state index contributed by atoms with van der Waals surface area (Å²) >= 11 is 0. The van der Waals surface area contributed by atoms with Crippen molar-refractivity contribution in [3.8, 4) is 16.9 Å². The van der Waals surface area contributed by atoms with Crippen molar-refractivity contribution in [3.63, 3.8) is 0 Å². The molecule has 0 unspecified atom stereocenters. The summed E-state index contributed by atoms with van der Waals surface area (Å²) in [7, 11) is 1.64. The number of hydrogen-bond acceptors (Lipinski definition) is 4. The minimum absolute atomic E-state index is 0.0198. The third kappa shape index (κ3) is 4.74. The summed E-state index contributed by atoms with van der Waals surface area (Å²) in [6.07, 6.45) is 1.98. The molecule has 0 atom stereocenters. The number of amides is 2. The molecule has 6 nitrogen and oxygen atoms in total. The summed E-state index contributed by atoms with van der Waals surface area (Å²) in [6.45, 7) is 2.10. The van der Waals surface area contributed by atoms with Crippen molar-refractivity contribution in [2.24, 2.45) is 0 Å². The van der Waals surface area contributed by atoms with Gasteiger partial charge in [0.05, 0.1) is 13.5 Å². The van der Waals surface area contributed by atoms with Crippen LogP contribution in [0.25, 0.3) is 11.1 Å². The standard InChI is InChI=1S/C25H25N3O3/c1-31-23-11-3-2-10-22(23)19-7-6-8-20(17-19)25(30)28-15-13-27(14-16-28)24(29)18-21-9-4-5-12-26-21/h2-12,17H,13-16,18H2,1H3. The molecule has 3 aromatic rings. The summed E-state index contributed by atoms with van der Waals surface area (Å²) in [5.74, 6) is 0.796. The van der Waals surface area contributed by atoms with Gasteiger partial charge in [-0.25, -0.2) is 0 Å².